The molecule has 0 heterocycles. The first-order valence-corrected chi connectivity index (χ1v) is 8.34. The van der Waals surface area contributed by atoms with Gasteiger partial charge in [0.15, 0.2) is 16.1 Å². The zero-order valence-electron chi connectivity index (χ0n) is 11.2. The van der Waals surface area contributed by atoms with Crippen molar-refractivity contribution in [2.45, 2.75) is 0 Å². The molecule has 0 aromatic rings. The molecule has 0 aliphatic heterocycles. The van der Waals surface area contributed by atoms with Crippen LogP contribution in [0.1, 0.15) is 0 Å². The Kier molecular flexibility index (Phi) is 33.1. The molecule has 2 unspecified atom stereocenters. The number of rotatable bonds is 10. The summed E-state index contributed by atoms with van der Waals surface area (Å²) in [5, 5.41) is 2.75. The molecule has 0 rings (SSSR count). The van der Waals surface area contributed by atoms with Gasteiger partial charge in [-0.25, -0.2) is 5.43 Å². The van der Waals surface area contributed by atoms with Gasteiger partial charge in [0.05, 0.1) is 6.61 Å². The molecule has 0 aromatic heterocycles. The van der Waals surface area contributed by atoms with Crippen LogP contribution in [-0.4, -0.2) is 33.2 Å². The van der Waals surface area contributed by atoms with Gasteiger partial charge in [0.25, 0.3) is 0 Å². The van der Waals surface area contributed by atoms with Crippen LogP contribution in [0.3, 0.4) is 0 Å². The van der Waals surface area contributed by atoms with Gasteiger partial charge in [0.1, 0.15) is 12.6 Å². The van der Waals surface area contributed by atoms with Crippen molar-refractivity contribution in [1.29, 1.82) is 0 Å². The monoisotopic (exact) mass is 538 g/mol. The van der Waals surface area contributed by atoms with Crippen LogP contribution in [-0.2, 0) is 116 Å². The largest absolute Gasteiger partial charge is 0.348 e. The predicted octanol–water partition coefficient (Wildman–Crippen LogP) is 0.334. The molecular weight excluding hydrogens is 519 g/mol. The van der Waals surface area contributed by atoms with Gasteiger partial charge in [0.2, 0.25) is 0 Å². The van der Waals surface area contributed by atoms with E-state index in [9.17, 15) is 9.13 Å². The van der Waals surface area contributed by atoms with Crippen molar-refractivity contribution in [1.82, 2.24) is 16.2 Å². The maximum Gasteiger partial charge on any atom is 0.190 e. The van der Waals surface area contributed by atoms with E-state index >= 15 is 0 Å². The summed E-state index contributed by atoms with van der Waals surface area (Å²) < 4.78 is 30.9. The van der Waals surface area contributed by atoms with E-state index in [0.29, 0.717) is 19.0 Å². The average Bonchev–Trinajstić information content (AvgIpc) is 2.16. The topological polar surface area (TPSA) is 88.7 Å². The van der Waals surface area contributed by atoms with E-state index in [-0.39, 0.29) is 105 Å². The fourth-order valence-electron chi connectivity index (χ4n) is 0.684. The van der Waals surface area contributed by atoms with Crippen LogP contribution in [0.5, 0.6) is 0 Å². The van der Waals surface area contributed by atoms with Gasteiger partial charge in [-0.1, -0.05) is 6.58 Å². The SMILES string of the molecule is C=C(NCO[PH](C)=O)NNCCO[PH](C)=O.[Y].[Y].[Y]. The van der Waals surface area contributed by atoms with Crippen molar-refractivity contribution in [3.63, 3.8) is 0 Å². The van der Waals surface area contributed by atoms with Crippen LogP contribution in [0.2, 0.25) is 0 Å². The summed E-state index contributed by atoms with van der Waals surface area (Å²) in [4.78, 5) is 0. The van der Waals surface area contributed by atoms with Crippen LogP contribution in [0.4, 0.5) is 0 Å². The molecule has 0 saturated carbocycles. The number of hydrogen-bond acceptors (Lipinski definition) is 7. The fourth-order valence-corrected chi connectivity index (χ4v) is 1.35. The third-order valence-electron chi connectivity index (χ3n) is 1.33. The van der Waals surface area contributed by atoms with Crippen molar-refractivity contribution >= 4 is 16.1 Å². The van der Waals surface area contributed by atoms with Gasteiger partial charge in [-0.3, -0.25) is 9.13 Å². The van der Waals surface area contributed by atoms with E-state index in [0.717, 1.165) is 0 Å². The molecule has 7 nitrogen and oxygen atoms in total. The zero-order valence-corrected chi connectivity index (χ0v) is 21.7. The third kappa shape index (κ3) is 26.2. The molecule has 0 aliphatic rings. The summed E-state index contributed by atoms with van der Waals surface area (Å²) in [6, 6.07) is 0. The van der Waals surface area contributed by atoms with Crippen molar-refractivity contribution in [2.24, 2.45) is 0 Å². The van der Waals surface area contributed by atoms with Crippen molar-refractivity contribution in [3.05, 3.63) is 12.4 Å². The molecule has 0 saturated heterocycles. The fraction of sp³-hybridized carbons (Fsp3) is 0.714. The normalized spacial score (nSPS) is 11.9. The maximum absolute atomic E-state index is 10.6. The Hall–Kier alpha value is 2.99. The third-order valence-corrected chi connectivity index (χ3v) is 2.49. The molecule has 19 heavy (non-hydrogen) atoms. The van der Waals surface area contributed by atoms with Gasteiger partial charge < -0.3 is 19.8 Å². The number of hydrazine groups is 1. The van der Waals surface area contributed by atoms with Crippen LogP contribution in [0, 0.1) is 0 Å². The molecule has 3 radical (unpaired) electrons. The minimum absolute atomic E-state index is 0. The first-order valence-electron chi connectivity index (χ1n) is 4.70. The van der Waals surface area contributed by atoms with Gasteiger partial charge in [-0.05, 0) is 0 Å². The Balaban J connectivity index is -0.000000375. The molecule has 0 amide bonds. The van der Waals surface area contributed by atoms with Crippen molar-refractivity contribution in [2.75, 3.05) is 33.2 Å². The second kappa shape index (κ2) is 21.0. The summed E-state index contributed by atoms with van der Waals surface area (Å²) in [6.45, 7) is 7.66. The molecule has 105 valence electrons. The number of nitrogens with one attached hydrogen (secondary N) is 3. The molecule has 0 spiro atoms. The van der Waals surface area contributed by atoms with Gasteiger partial charge in [-0.15, -0.1) is 0 Å². The van der Waals surface area contributed by atoms with E-state index in [1.165, 1.54) is 13.3 Å². The zero-order chi connectivity index (χ0) is 12.4. The maximum atomic E-state index is 10.6. The summed E-state index contributed by atoms with van der Waals surface area (Å²) in [7, 11) is -3.79. The Morgan fingerprint density at radius 3 is 2.11 bits per heavy atom. The summed E-state index contributed by atoms with van der Waals surface area (Å²) in [5.41, 5.74) is 5.53. The molecule has 3 N–H and O–H groups in total. The average molecular weight is 538 g/mol. The first kappa shape index (κ1) is 29.9. The van der Waals surface area contributed by atoms with E-state index < -0.39 is 16.1 Å². The molecule has 0 bridgehead atoms. The Morgan fingerprint density at radius 2 is 1.63 bits per heavy atom. The van der Waals surface area contributed by atoms with Crippen LogP contribution in [0.15, 0.2) is 12.4 Å². The number of hydrogen-bond donors (Lipinski definition) is 3. The minimum Gasteiger partial charge on any atom is -0.348 e. The molecule has 12 heteroatoms. The Labute approximate surface area is 191 Å². The Bertz CT molecular complexity index is 274. The summed E-state index contributed by atoms with van der Waals surface area (Å²) in [5.74, 6) is 0.493. The van der Waals surface area contributed by atoms with E-state index in [4.69, 9.17) is 9.05 Å². The van der Waals surface area contributed by atoms with Crippen molar-refractivity contribution < 1.29 is 116 Å². The first-order chi connectivity index (χ1) is 7.52. The van der Waals surface area contributed by atoms with E-state index in [2.05, 4.69) is 22.7 Å². The second-order valence-electron chi connectivity index (χ2n) is 2.83. The van der Waals surface area contributed by atoms with Crippen molar-refractivity contribution in [3.8, 4) is 0 Å². The van der Waals surface area contributed by atoms with E-state index in [1.54, 1.807) is 0 Å². The predicted molar refractivity (Wildman–Crippen MR) is 65.2 cm³/mol. The second-order valence-corrected chi connectivity index (χ2v) is 5.37. The molecule has 2 atom stereocenters. The minimum atomic E-state index is -1.92. The standard InChI is InChI=1S/C7H19N3O4P2.3Y/c1-7(8-6-14-16(3)12)10-9-4-5-13-15(2)11;;;/h8-10,15-16H,1,4-6H2,2-3H3;;;. The Morgan fingerprint density at radius 1 is 1.11 bits per heavy atom. The quantitative estimate of drug-likeness (QED) is 0.160. The summed E-state index contributed by atoms with van der Waals surface area (Å²) in [6.07, 6.45) is 0. The van der Waals surface area contributed by atoms with Crippen LogP contribution < -0.4 is 16.2 Å². The van der Waals surface area contributed by atoms with Gasteiger partial charge in [-0.2, -0.15) is 0 Å². The molecule has 0 aromatic carbocycles. The molecular formula is C7H19N3O4P2Y3. The summed E-state index contributed by atoms with van der Waals surface area (Å²) >= 11 is 0. The molecule has 0 aliphatic carbocycles. The van der Waals surface area contributed by atoms with Gasteiger partial charge >= 0.3 is 0 Å². The van der Waals surface area contributed by atoms with E-state index in [1.807, 2.05) is 0 Å². The van der Waals surface area contributed by atoms with Gasteiger partial charge in [0, 0.05) is 118 Å². The van der Waals surface area contributed by atoms with Crippen LogP contribution in [0.25, 0.3) is 0 Å². The molecule has 0 fully saturated rings. The van der Waals surface area contributed by atoms with Crippen LogP contribution >= 0.6 is 16.1 Å². The smallest absolute Gasteiger partial charge is 0.190 e.